The Kier molecular flexibility index (Phi) is 5.41. The summed E-state index contributed by atoms with van der Waals surface area (Å²) in [5, 5.41) is 3.53. The van der Waals surface area contributed by atoms with Gasteiger partial charge in [0.05, 0.1) is 6.21 Å². The Hall–Kier alpha value is -2.69. The van der Waals surface area contributed by atoms with Crippen LogP contribution < -0.4 is 4.74 Å². The van der Waals surface area contributed by atoms with E-state index in [9.17, 15) is 9.59 Å². The molecular formula is C15H15NO4. The van der Waals surface area contributed by atoms with Gasteiger partial charge in [-0.25, -0.2) is 9.59 Å². The van der Waals surface area contributed by atoms with Gasteiger partial charge >= 0.3 is 11.9 Å². The van der Waals surface area contributed by atoms with Gasteiger partial charge in [-0.2, -0.15) is 0 Å². The first-order valence-corrected chi connectivity index (χ1v) is 5.78. The monoisotopic (exact) mass is 273 g/mol. The van der Waals surface area contributed by atoms with Gasteiger partial charge in [0, 0.05) is 16.7 Å². The minimum Gasteiger partial charge on any atom is -0.422 e. The van der Waals surface area contributed by atoms with E-state index in [4.69, 9.17) is 4.74 Å². The largest absolute Gasteiger partial charge is 0.422 e. The van der Waals surface area contributed by atoms with E-state index in [-0.39, 0.29) is 11.1 Å². The molecule has 0 aliphatic rings. The van der Waals surface area contributed by atoms with Crippen LogP contribution in [0.15, 0.2) is 53.7 Å². The predicted molar refractivity (Wildman–Crippen MR) is 75.4 cm³/mol. The van der Waals surface area contributed by atoms with Gasteiger partial charge in [0.1, 0.15) is 5.75 Å². The molecule has 0 saturated heterocycles. The number of para-hydroxylation sites is 1. The Morgan fingerprint density at radius 3 is 2.30 bits per heavy atom. The maximum absolute atomic E-state index is 11.5. The molecule has 0 heterocycles. The van der Waals surface area contributed by atoms with E-state index >= 15 is 0 Å². The highest BCUT2D eigenvalue weighted by Crippen LogP contribution is 2.17. The number of oxime groups is 1. The number of carbonyl (C=O) groups excluding carboxylic acids is 2. The van der Waals surface area contributed by atoms with Crippen LogP contribution in [-0.4, -0.2) is 18.2 Å². The topological polar surface area (TPSA) is 65.0 Å². The third-order valence-electron chi connectivity index (χ3n) is 2.15. The number of hydrogen-bond acceptors (Lipinski definition) is 5. The summed E-state index contributed by atoms with van der Waals surface area (Å²) in [6.45, 7) is 9.99. The summed E-state index contributed by atoms with van der Waals surface area (Å²) in [5.41, 5.74) is 1.02. The maximum atomic E-state index is 11.5. The second-order valence-electron chi connectivity index (χ2n) is 4.10. The van der Waals surface area contributed by atoms with Gasteiger partial charge in [-0.3, -0.25) is 0 Å². The van der Waals surface area contributed by atoms with Crippen LogP contribution in [0.2, 0.25) is 0 Å². The van der Waals surface area contributed by atoms with Gasteiger partial charge in [-0.1, -0.05) is 30.4 Å². The van der Waals surface area contributed by atoms with Crippen LogP contribution in [0.3, 0.4) is 0 Å². The second-order valence-corrected chi connectivity index (χ2v) is 4.10. The molecule has 0 aliphatic carbocycles. The van der Waals surface area contributed by atoms with E-state index in [0.29, 0.717) is 11.3 Å². The molecule has 0 amide bonds. The number of rotatable bonds is 5. The van der Waals surface area contributed by atoms with Crippen LogP contribution in [0.5, 0.6) is 5.75 Å². The van der Waals surface area contributed by atoms with Crippen LogP contribution >= 0.6 is 0 Å². The lowest BCUT2D eigenvalue weighted by atomic mass is 10.2. The highest BCUT2D eigenvalue weighted by molar-refractivity contribution is 5.92. The van der Waals surface area contributed by atoms with Gasteiger partial charge in [0.25, 0.3) is 0 Å². The van der Waals surface area contributed by atoms with Gasteiger partial charge < -0.3 is 9.57 Å². The molecule has 20 heavy (non-hydrogen) atoms. The fourth-order valence-corrected chi connectivity index (χ4v) is 1.08. The first-order valence-electron chi connectivity index (χ1n) is 5.78. The summed E-state index contributed by atoms with van der Waals surface area (Å²) in [5.74, 6) is -0.863. The third kappa shape index (κ3) is 4.53. The zero-order valence-electron chi connectivity index (χ0n) is 11.4. The molecule has 0 atom stereocenters. The van der Waals surface area contributed by atoms with Crippen molar-refractivity contribution < 1.29 is 19.2 Å². The molecule has 5 heteroatoms. The first-order chi connectivity index (χ1) is 9.41. The van der Waals surface area contributed by atoms with E-state index in [1.54, 1.807) is 31.2 Å². The van der Waals surface area contributed by atoms with Gasteiger partial charge in [0.2, 0.25) is 0 Å². The summed E-state index contributed by atoms with van der Waals surface area (Å²) < 4.78 is 5.12. The summed E-state index contributed by atoms with van der Waals surface area (Å²) in [6.07, 6.45) is 1.28. The normalized spacial score (nSPS) is 10.1. The molecule has 0 bridgehead atoms. The van der Waals surface area contributed by atoms with Gasteiger partial charge in [-0.15, -0.1) is 0 Å². The molecule has 0 fully saturated rings. The highest BCUT2D eigenvalue weighted by atomic mass is 16.7. The molecule has 1 rings (SSSR count). The van der Waals surface area contributed by atoms with Crippen LogP contribution in [-0.2, 0) is 14.4 Å². The Morgan fingerprint density at radius 2 is 1.70 bits per heavy atom. The number of carbonyl (C=O) groups is 2. The third-order valence-corrected chi connectivity index (χ3v) is 2.15. The van der Waals surface area contributed by atoms with Crippen LogP contribution in [0.4, 0.5) is 0 Å². The molecule has 0 aliphatic heterocycles. The SMILES string of the molecule is C=C(C)C(=O)ON=Cc1ccccc1OC(=O)C(=C)C. The molecule has 0 unspecified atom stereocenters. The smallest absolute Gasteiger partial charge is 0.360 e. The Morgan fingerprint density at radius 1 is 1.10 bits per heavy atom. The van der Waals surface area contributed by atoms with Crippen molar-refractivity contribution >= 4 is 18.2 Å². The zero-order valence-corrected chi connectivity index (χ0v) is 11.4. The van der Waals surface area contributed by atoms with E-state index < -0.39 is 11.9 Å². The van der Waals surface area contributed by atoms with Gasteiger partial charge in [0.15, 0.2) is 0 Å². The standard InChI is InChI=1S/C15H15NO4/c1-10(2)14(17)19-13-8-6-5-7-12(13)9-16-20-15(18)11(3)4/h5-9H,1,3H2,2,4H3. The minimum absolute atomic E-state index is 0.240. The second kappa shape index (κ2) is 7.04. The predicted octanol–water partition coefficient (Wildman–Crippen LogP) is 2.62. The van der Waals surface area contributed by atoms with E-state index in [2.05, 4.69) is 23.2 Å². The van der Waals surface area contributed by atoms with Crippen molar-refractivity contribution in [1.82, 2.24) is 0 Å². The number of hydrogen-bond donors (Lipinski definition) is 0. The van der Waals surface area contributed by atoms with Crippen molar-refractivity contribution in [3.63, 3.8) is 0 Å². The van der Waals surface area contributed by atoms with Crippen molar-refractivity contribution in [1.29, 1.82) is 0 Å². The average Bonchev–Trinajstić information content (AvgIpc) is 2.40. The first kappa shape index (κ1) is 15.4. The zero-order chi connectivity index (χ0) is 15.1. The van der Waals surface area contributed by atoms with Crippen molar-refractivity contribution in [3.05, 3.63) is 54.1 Å². The molecule has 0 N–H and O–H groups in total. The van der Waals surface area contributed by atoms with Crippen molar-refractivity contribution in [2.24, 2.45) is 5.16 Å². The highest BCUT2D eigenvalue weighted by Gasteiger charge is 2.08. The molecule has 0 aromatic heterocycles. The summed E-state index contributed by atoms with van der Waals surface area (Å²) in [4.78, 5) is 27.2. The summed E-state index contributed by atoms with van der Waals surface area (Å²) in [7, 11) is 0. The maximum Gasteiger partial charge on any atom is 0.360 e. The van der Waals surface area contributed by atoms with E-state index in [1.165, 1.54) is 13.1 Å². The fourth-order valence-electron chi connectivity index (χ4n) is 1.08. The number of nitrogens with zero attached hydrogens (tertiary/aromatic N) is 1. The lowest BCUT2D eigenvalue weighted by Gasteiger charge is -2.06. The molecule has 1 aromatic carbocycles. The average molecular weight is 273 g/mol. The number of esters is 1. The fraction of sp³-hybridized carbons (Fsp3) is 0.133. The van der Waals surface area contributed by atoms with Crippen molar-refractivity contribution in [2.45, 2.75) is 13.8 Å². The molecule has 0 spiro atoms. The lowest BCUT2D eigenvalue weighted by Crippen LogP contribution is -2.09. The Balaban J connectivity index is 2.83. The molecular weight excluding hydrogens is 258 g/mol. The van der Waals surface area contributed by atoms with Crippen molar-refractivity contribution in [3.8, 4) is 5.75 Å². The number of ether oxygens (including phenoxy) is 1. The molecule has 0 saturated carbocycles. The van der Waals surface area contributed by atoms with Gasteiger partial charge in [-0.05, 0) is 26.0 Å². The molecule has 0 radical (unpaired) electrons. The van der Waals surface area contributed by atoms with E-state index in [0.717, 1.165) is 0 Å². The van der Waals surface area contributed by atoms with Crippen LogP contribution in [0, 0.1) is 0 Å². The summed E-state index contributed by atoms with van der Waals surface area (Å²) in [6, 6.07) is 6.71. The van der Waals surface area contributed by atoms with Crippen molar-refractivity contribution in [2.75, 3.05) is 0 Å². The van der Waals surface area contributed by atoms with Crippen LogP contribution in [0.1, 0.15) is 19.4 Å². The van der Waals surface area contributed by atoms with E-state index in [1.807, 2.05) is 0 Å². The quantitative estimate of drug-likeness (QED) is 0.206. The molecule has 5 nitrogen and oxygen atoms in total. The van der Waals surface area contributed by atoms with Crippen LogP contribution in [0.25, 0.3) is 0 Å². The number of benzene rings is 1. The Labute approximate surface area is 117 Å². The molecule has 1 aromatic rings. The lowest BCUT2D eigenvalue weighted by molar-refractivity contribution is -0.138. The molecule has 104 valence electrons. The summed E-state index contributed by atoms with van der Waals surface area (Å²) >= 11 is 0. The Bertz CT molecular complexity index is 587. The minimum atomic E-state index is -0.627.